The number of ether oxygens (including phenoxy) is 1. The third-order valence-electron chi connectivity index (χ3n) is 3.46. The fourth-order valence-corrected chi connectivity index (χ4v) is 2.18. The van der Waals surface area contributed by atoms with Gasteiger partial charge in [0.05, 0.1) is 6.61 Å². The van der Waals surface area contributed by atoms with Crippen LogP contribution < -0.4 is 4.90 Å². The molecule has 0 radical (unpaired) electrons. The molecule has 1 aliphatic rings. The Morgan fingerprint density at radius 3 is 2.57 bits per heavy atom. The Kier molecular flexibility index (Phi) is 4.83. The van der Waals surface area contributed by atoms with E-state index in [9.17, 15) is 9.59 Å². The summed E-state index contributed by atoms with van der Waals surface area (Å²) in [7, 11) is 3.86. The summed E-state index contributed by atoms with van der Waals surface area (Å²) in [5.74, 6) is -0.448. The van der Waals surface area contributed by atoms with Crippen molar-refractivity contribution in [3.63, 3.8) is 0 Å². The summed E-state index contributed by atoms with van der Waals surface area (Å²) < 4.78 is 4.96. The number of hydrogen-bond acceptors (Lipinski definition) is 4. The topological polar surface area (TPSA) is 49.9 Å². The molecule has 2 rings (SSSR count). The summed E-state index contributed by atoms with van der Waals surface area (Å²) in [5.41, 5.74) is 1.57. The van der Waals surface area contributed by atoms with E-state index < -0.39 is 0 Å². The predicted octanol–water partition coefficient (Wildman–Crippen LogP) is 1.92. The number of rotatable bonds is 6. The Bertz CT molecular complexity index is 524. The van der Waals surface area contributed by atoms with Gasteiger partial charge in [-0.1, -0.05) is 6.07 Å². The van der Waals surface area contributed by atoms with Crippen molar-refractivity contribution in [1.82, 2.24) is 4.90 Å². The van der Waals surface area contributed by atoms with Crippen molar-refractivity contribution < 1.29 is 14.3 Å². The molecular weight excluding hydrogens is 268 g/mol. The lowest BCUT2D eigenvalue weighted by Gasteiger charge is -2.22. The molecule has 0 aliphatic heterocycles. The highest BCUT2D eigenvalue weighted by Gasteiger charge is 2.34. The average Bonchev–Trinajstić information content (AvgIpc) is 3.29. The number of esters is 1. The van der Waals surface area contributed by atoms with E-state index in [-0.39, 0.29) is 24.5 Å². The van der Waals surface area contributed by atoms with Crippen LogP contribution >= 0.6 is 0 Å². The molecule has 0 saturated heterocycles. The van der Waals surface area contributed by atoms with Gasteiger partial charge in [-0.15, -0.1) is 0 Å². The van der Waals surface area contributed by atoms with Crippen molar-refractivity contribution in [2.75, 3.05) is 32.1 Å². The Morgan fingerprint density at radius 1 is 1.29 bits per heavy atom. The third kappa shape index (κ3) is 3.97. The first-order chi connectivity index (χ1) is 10.0. The molecule has 114 valence electrons. The zero-order chi connectivity index (χ0) is 15.4. The van der Waals surface area contributed by atoms with Crippen LogP contribution in [0.2, 0.25) is 0 Å². The Labute approximate surface area is 125 Å². The lowest BCUT2D eigenvalue weighted by Crippen LogP contribution is -2.38. The van der Waals surface area contributed by atoms with Crippen LogP contribution in [-0.2, 0) is 9.53 Å². The number of anilines is 1. The maximum Gasteiger partial charge on any atom is 0.325 e. The summed E-state index contributed by atoms with van der Waals surface area (Å²) in [5, 5.41) is 0. The SMILES string of the molecule is CCOC(=O)CN(C(=O)c1cccc(N(C)C)c1)C1CC1. The Hall–Kier alpha value is -2.04. The average molecular weight is 290 g/mol. The zero-order valence-corrected chi connectivity index (χ0v) is 12.8. The lowest BCUT2D eigenvalue weighted by molar-refractivity contribution is -0.144. The van der Waals surface area contributed by atoms with Crippen LogP contribution in [0.25, 0.3) is 0 Å². The first kappa shape index (κ1) is 15.4. The number of hydrogen-bond donors (Lipinski definition) is 0. The molecule has 5 heteroatoms. The van der Waals surface area contributed by atoms with E-state index in [0.29, 0.717) is 12.2 Å². The van der Waals surface area contributed by atoms with Gasteiger partial charge in [0.1, 0.15) is 6.54 Å². The van der Waals surface area contributed by atoms with Gasteiger partial charge in [-0.2, -0.15) is 0 Å². The zero-order valence-electron chi connectivity index (χ0n) is 12.8. The van der Waals surface area contributed by atoms with E-state index in [1.165, 1.54) is 0 Å². The summed E-state index contributed by atoms with van der Waals surface area (Å²) in [6.45, 7) is 2.13. The molecule has 0 bridgehead atoms. The fourth-order valence-electron chi connectivity index (χ4n) is 2.18. The minimum absolute atomic E-state index is 0.0313. The van der Waals surface area contributed by atoms with Gasteiger partial charge in [0.25, 0.3) is 5.91 Å². The van der Waals surface area contributed by atoms with Crippen LogP contribution in [-0.4, -0.2) is 50.1 Å². The molecule has 0 heterocycles. The molecule has 0 aromatic heterocycles. The van der Waals surface area contributed by atoms with Crippen LogP contribution in [0.5, 0.6) is 0 Å². The first-order valence-corrected chi connectivity index (χ1v) is 7.27. The number of carbonyl (C=O) groups excluding carboxylic acids is 2. The summed E-state index contributed by atoms with van der Waals surface area (Å²) in [4.78, 5) is 27.9. The molecule has 1 saturated carbocycles. The molecule has 1 aliphatic carbocycles. The van der Waals surface area contributed by atoms with E-state index in [0.717, 1.165) is 18.5 Å². The van der Waals surface area contributed by atoms with Crippen molar-refractivity contribution in [3.05, 3.63) is 29.8 Å². The number of amides is 1. The van der Waals surface area contributed by atoms with E-state index in [4.69, 9.17) is 4.74 Å². The van der Waals surface area contributed by atoms with Gasteiger partial charge in [0.15, 0.2) is 0 Å². The van der Waals surface area contributed by atoms with Crippen LogP contribution in [0.1, 0.15) is 30.1 Å². The van der Waals surface area contributed by atoms with Crippen LogP contribution in [0.15, 0.2) is 24.3 Å². The third-order valence-corrected chi connectivity index (χ3v) is 3.46. The highest BCUT2D eigenvalue weighted by Crippen LogP contribution is 2.28. The number of benzene rings is 1. The van der Waals surface area contributed by atoms with Crippen molar-refractivity contribution in [1.29, 1.82) is 0 Å². The second-order valence-electron chi connectivity index (χ2n) is 5.41. The van der Waals surface area contributed by atoms with Crippen LogP contribution in [0, 0.1) is 0 Å². The van der Waals surface area contributed by atoms with Gasteiger partial charge in [0.2, 0.25) is 0 Å². The minimum atomic E-state index is -0.346. The second-order valence-corrected chi connectivity index (χ2v) is 5.41. The molecule has 0 N–H and O–H groups in total. The standard InChI is InChI=1S/C16H22N2O3/c1-4-21-15(19)11-18(13-8-9-13)16(20)12-6-5-7-14(10-12)17(2)3/h5-7,10,13H,4,8-9,11H2,1-3H3. The van der Waals surface area contributed by atoms with Gasteiger partial charge in [-0.05, 0) is 38.0 Å². The highest BCUT2D eigenvalue weighted by atomic mass is 16.5. The Morgan fingerprint density at radius 2 is 2.00 bits per heavy atom. The monoisotopic (exact) mass is 290 g/mol. The van der Waals surface area contributed by atoms with Crippen molar-refractivity contribution >= 4 is 17.6 Å². The summed E-state index contributed by atoms with van der Waals surface area (Å²) in [6, 6.07) is 7.62. The van der Waals surface area contributed by atoms with E-state index in [2.05, 4.69) is 0 Å². The lowest BCUT2D eigenvalue weighted by atomic mass is 10.1. The molecule has 5 nitrogen and oxygen atoms in total. The fraction of sp³-hybridized carbons (Fsp3) is 0.500. The molecule has 1 aromatic carbocycles. The quantitative estimate of drug-likeness (QED) is 0.751. The van der Waals surface area contributed by atoms with Gasteiger partial charge in [-0.25, -0.2) is 0 Å². The Balaban J connectivity index is 2.14. The summed E-state index contributed by atoms with van der Waals surface area (Å²) >= 11 is 0. The minimum Gasteiger partial charge on any atom is -0.465 e. The normalized spacial score (nSPS) is 13.7. The highest BCUT2D eigenvalue weighted by molar-refractivity contribution is 5.97. The number of nitrogens with zero attached hydrogens (tertiary/aromatic N) is 2. The summed E-state index contributed by atoms with van der Waals surface area (Å²) in [6.07, 6.45) is 1.91. The molecule has 0 unspecified atom stereocenters. The first-order valence-electron chi connectivity index (χ1n) is 7.27. The molecule has 21 heavy (non-hydrogen) atoms. The molecule has 0 spiro atoms. The molecule has 0 atom stereocenters. The van der Waals surface area contributed by atoms with Crippen molar-refractivity contribution in [2.24, 2.45) is 0 Å². The van der Waals surface area contributed by atoms with Crippen LogP contribution in [0.3, 0.4) is 0 Å². The number of carbonyl (C=O) groups is 2. The van der Waals surface area contributed by atoms with Crippen molar-refractivity contribution in [2.45, 2.75) is 25.8 Å². The van der Waals surface area contributed by atoms with Gasteiger partial charge >= 0.3 is 5.97 Å². The molecule has 1 fully saturated rings. The van der Waals surface area contributed by atoms with Crippen molar-refractivity contribution in [3.8, 4) is 0 Å². The van der Waals surface area contributed by atoms with E-state index in [1.54, 1.807) is 17.9 Å². The molecule has 1 amide bonds. The van der Waals surface area contributed by atoms with E-state index >= 15 is 0 Å². The maximum absolute atomic E-state index is 12.6. The molecule has 1 aromatic rings. The van der Waals surface area contributed by atoms with Crippen LogP contribution in [0.4, 0.5) is 5.69 Å². The predicted molar refractivity (Wildman–Crippen MR) is 81.5 cm³/mol. The van der Waals surface area contributed by atoms with Gasteiger partial charge < -0.3 is 14.5 Å². The maximum atomic E-state index is 12.6. The smallest absolute Gasteiger partial charge is 0.325 e. The van der Waals surface area contributed by atoms with Gasteiger partial charge in [0, 0.05) is 31.4 Å². The van der Waals surface area contributed by atoms with E-state index in [1.807, 2.05) is 37.2 Å². The largest absolute Gasteiger partial charge is 0.465 e. The molecular formula is C16H22N2O3. The van der Waals surface area contributed by atoms with Gasteiger partial charge in [-0.3, -0.25) is 9.59 Å². The second kappa shape index (κ2) is 6.61.